The normalized spacial score (nSPS) is 16.3. The Kier molecular flexibility index (Phi) is 5.66. The fourth-order valence-corrected chi connectivity index (χ4v) is 3.16. The van der Waals surface area contributed by atoms with Crippen molar-refractivity contribution in [3.63, 3.8) is 0 Å². The molecule has 8 heteroatoms. The van der Waals surface area contributed by atoms with Crippen molar-refractivity contribution in [2.75, 3.05) is 32.8 Å². The number of morpholine rings is 1. The van der Waals surface area contributed by atoms with Crippen LogP contribution in [0.25, 0.3) is 5.82 Å². The Morgan fingerprint density at radius 3 is 2.68 bits per heavy atom. The van der Waals surface area contributed by atoms with Crippen LogP contribution in [0.5, 0.6) is 0 Å². The number of halogens is 4. The van der Waals surface area contributed by atoms with Crippen LogP contribution in [-0.4, -0.2) is 47.3 Å². The number of alkyl halides is 3. The SMILES string of the molecule is FC(F)(F)c1cnc(-n2cccc2CCCN2CCOCC2)c(Cl)c1. The van der Waals surface area contributed by atoms with E-state index in [0.717, 1.165) is 63.6 Å². The van der Waals surface area contributed by atoms with Gasteiger partial charge in [-0.05, 0) is 37.6 Å². The summed E-state index contributed by atoms with van der Waals surface area (Å²) in [5, 5.41) is -0.0135. The highest BCUT2D eigenvalue weighted by atomic mass is 35.5. The van der Waals surface area contributed by atoms with Crippen LogP contribution in [-0.2, 0) is 17.3 Å². The van der Waals surface area contributed by atoms with E-state index in [0.29, 0.717) is 5.82 Å². The minimum atomic E-state index is -4.45. The van der Waals surface area contributed by atoms with Crippen LogP contribution in [0.3, 0.4) is 0 Å². The van der Waals surface area contributed by atoms with Gasteiger partial charge in [0, 0.05) is 31.2 Å². The van der Waals surface area contributed by atoms with Crippen molar-refractivity contribution in [2.45, 2.75) is 19.0 Å². The average Bonchev–Trinajstić information content (AvgIpc) is 3.03. The number of nitrogens with zero attached hydrogens (tertiary/aromatic N) is 3. The number of aromatic nitrogens is 2. The largest absolute Gasteiger partial charge is 0.417 e. The molecule has 3 heterocycles. The lowest BCUT2D eigenvalue weighted by Crippen LogP contribution is -2.37. The quantitative estimate of drug-likeness (QED) is 0.798. The Morgan fingerprint density at radius 2 is 2.00 bits per heavy atom. The number of hydrogen-bond acceptors (Lipinski definition) is 3. The molecule has 4 nitrogen and oxygen atoms in total. The molecule has 0 amide bonds. The summed E-state index contributed by atoms with van der Waals surface area (Å²) < 4.78 is 45.3. The van der Waals surface area contributed by atoms with Gasteiger partial charge < -0.3 is 9.30 Å². The van der Waals surface area contributed by atoms with E-state index in [2.05, 4.69) is 9.88 Å². The van der Waals surface area contributed by atoms with Crippen molar-refractivity contribution >= 4 is 11.6 Å². The Hall–Kier alpha value is -1.57. The van der Waals surface area contributed by atoms with Gasteiger partial charge in [0.25, 0.3) is 0 Å². The smallest absolute Gasteiger partial charge is 0.379 e. The van der Waals surface area contributed by atoms with Crippen LogP contribution < -0.4 is 0 Å². The second kappa shape index (κ2) is 7.76. The molecule has 1 aliphatic rings. The standard InChI is InChI=1S/C17H19ClF3N3O/c18-15-11-13(17(19,20)21)12-22-16(15)24-6-2-4-14(24)3-1-5-23-7-9-25-10-8-23/h2,4,6,11-12H,1,3,5,7-10H2. The molecule has 0 N–H and O–H groups in total. The molecule has 1 fully saturated rings. The maximum atomic E-state index is 12.7. The summed E-state index contributed by atoms with van der Waals surface area (Å²) in [5.41, 5.74) is 0.129. The van der Waals surface area contributed by atoms with Gasteiger partial charge in [0.05, 0.1) is 23.8 Å². The van der Waals surface area contributed by atoms with E-state index in [1.807, 2.05) is 12.1 Å². The Bertz CT molecular complexity index is 711. The molecule has 1 aliphatic heterocycles. The summed E-state index contributed by atoms with van der Waals surface area (Å²) in [6, 6.07) is 4.70. The van der Waals surface area contributed by atoms with Gasteiger partial charge in [0.2, 0.25) is 0 Å². The summed E-state index contributed by atoms with van der Waals surface area (Å²) in [6.45, 7) is 4.37. The molecule has 0 aliphatic carbocycles. The first kappa shape index (κ1) is 18.2. The molecule has 0 aromatic carbocycles. The summed E-state index contributed by atoms with van der Waals surface area (Å²) in [6.07, 6.45) is -0.122. The van der Waals surface area contributed by atoms with Gasteiger partial charge in [-0.25, -0.2) is 4.98 Å². The number of pyridine rings is 1. The van der Waals surface area contributed by atoms with Gasteiger partial charge in [-0.3, -0.25) is 4.90 Å². The van der Waals surface area contributed by atoms with Crippen LogP contribution in [0.2, 0.25) is 5.02 Å². The first-order valence-electron chi connectivity index (χ1n) is 8.14. The molecule has 0 bridgehead atoms. The van der Waals surface area contributed by atoms with E-state index in [1.165, 1.54) is 0 Å². The number of hydrogen-bond donors (Lipinski definition) is 0. The van der Waals surface area contributed by atoms with Crippen LogP contribution in [0.15, 0.2) is 30.6 Å². The van der Waals surface area contributed by atoms with Gasteiger partial charge in [-0.1, -0.05) is 11.6 Å². The van der Waals surface area contributed by atoms with E-state index < -0.39 is 11.7 Å². The molecule has 25 heavy (non-hydrogen) atoms. The molecule has 0 spiro atoms. The Labute approximate surface area is 149 Å². The predicted molar refractivity (Wildman–Crippen MR) is 89.2 cm³/mol. The van der Waals surface area contributed by atoms with E-state index >= 15 is 0 Å². The maximum Gasteiger partial charge on any atom is 0.417 e. The predicted octanol–water partition coefficient (Wildman–Crippen LogP) is 3.81. The molecule has 0 unspecified atom stereocenters. The minimum absolute atomic E-state index is 0.0135. The zero-order chi connectivity index (χ0) is 17.9. The van der Waals surface area contributed by atoms with Crippen molar-refractivity contribution in [3.8, 4) is 5.82 Å². The molecule has 136 valence electrons. The molecule has 3 rings (SSSR count). The molecule has 0 radical (unpaired) electrons. The molecule has 0 saturated carbocycles. The van der Waals surface area contributed by atoms with Crippen molar-refractivity contribution in [3.05, 3.63) is 46.9 Å². The number of rotatable bonds is 5. The summed E-state index contributed by atoms with van der Waals surface area (Å²) >= 11 is 6.05. The third-order valence-electron chi connectivity index (χ3n) is 4.22. The van der Waals surface area contributed by atoms with Gasteiger partial charge in [-0.15, -0.1) is 0 Å². The second-order valence-corrected chi connectivity index (χ2v) is 6.36. The highest BCUT2D eigenvalue weighted by molar-refractivity contribution is 6.32. The molecular formula is C17H19ClF3N3O. The van der Waals surface area contributed by atoms with Crippen LogP contribution in [0, 0.1) is 0 Å². The van der Waals surface area contributed by atoms with E-state index in [4.69, 9.17) is 16.3 Å². The third-order valence-corrected chi connectivity index (χ3v) is 4.50. The summed E-state index contributed by atoms with van der Waals surface area (Å²) in [4.78, 5) is 6.28. The van der Waals surface area contributed by atoms with Crippen LogP contribution in [0.1, 0.15) is 17.7 Å². The average molecular weight is 374 g/mol. The zero-order valence-corrected chi connectivity index (χ0v) is 14.4. The third kappa shape index (κ3) is 4.54. The molecular weight excluding hydrogens is 355 g/mol. The highest BCUT2D eigenvalue weighted by Gasteiger charge is 2.31. The van der Waals surface area contributed by atoms with E-state index in [9.17, 15) is 13.2 Å². The lowest BCUT2D eigenvalue weighted by atomic mass is 10.2. The van der Waals surface area contributed by atoms with E-state index in [-0.39, 0.29) is 5.02 Å². The lowest BCUT2D eigenvalue weighted by molar-refractivity contribution is -0.137. The fourth-order valence-electron chi connectivity index (χ4n) is 2.90. The second-order valence-electron chi connectivity index (χ2n) is 5.95. The Morgan fingerprint density at radius 1 is 1.24 bits per heavy atom. The molecule has 0 atom stereocenters. The molecule has 2 aromatic heterocycles. The van der Waals surface area contributed by atoms with Crippen molar-refractivity contribution in [1.82, 2.24) is 14.5 Å². The lowest BCUT2D eigenvalue weighted by Gasteiger charge is -2.26. The number of ether oxygens (including phenoxy) is 1. The van der Waals surface area contributed by atoms with Gasteiger partial charge in [-0.2, -0.15) is 13.2 Å². The first-order valence-corrected chi connectivity index (χ1v) is 8.52. The van der Waals surface area contributed by atoms with Gasteiger partial charge in [0.1, 0.15) is 0 Å². The minimum Gasteiger partial charge on any atom is -0.379 e. The zero-order valence-electron chi connectivity index (χ0n) is 13.6. The first-order chi connectivity index (χ1) is 11.9. The fraction of sp³-hybridized carbons (Fsp3) is 0.471. The van der Waals surface area contributed by atoms with Crippen LogP contribution in [0.4, 0.5) is 13.2 Å². The van der Waals surface area contributed by atoms with Gasteiger partial charge in [0.15, 0.2) is 5.82 Å². The van der Waals surface area contributed by atoms with E-state index in [1.54, 1.807) is 10.8 Å². The molecule has 1 saturated heterocycles. The Balaban J connectivity index is 1.68. The monoisotopic (exact) mass is 373 g/mol. The highest BCUT2D eigenvalue weighted by Crippen LogP contribution is 2.32. The van der Waals surface area contributed by atoms with Crippen LogP contribution >= 0.6 is 11.6 Å². The maximum absolute atomic E-state index is 12.7. The van der Waals surface area contributed by atoms with Crippen molar-refractivity contribution in [2.24, 2.45) is 0 Å². The number of aryl methyl sites for hydroxylation is 1. The summed E-state index contributed by atoms with van der Waals surface area (Å²) in [5.74, 6) is 0.320. The van der Waals surface area contributed by atoms with Crippen molar-refractivity contribution in [1.29, 1.82) is 0 Å². The summed E-state index contributed by atoms with van der Waals surface area (Å²) in [7, 11) is 0. The molecule has 2 aromatic rings. The van der Waals surface area contributed by atoms with Crippen molar-refractivity contribution < 1.29 is 17.9 Å². The van der Waals surface area contributed by atoms with Gasteiger partial charge >= 0.3 is 6.18 Å². The topological polar surface area (TPSA) is 30.3 Å².